The average Bonchev–Trinajstić information content (AvgIpc) is 3.25. The largest absolute Gasteiger partial charge is 0.478 e. The molecular weight excluding hydrogens is 338 g/mol. The smallest absolute Gasteiger partial charge is 0.336 e. The Bertz CT molecular complexity index is 608. The van der Waals surface area contributed by atoms with E-state index in [-0.39, 0.29) is 24.1 Å². The van der Waals surface area contributed by atoms with Gasteiger partial charge in [-0.05, 0) is 47.0 Å². The molecule has 0 spiro atoms. The van der Waals surface area contributed by atoms with Crippen LogP contribution in [0.4, 0.5) is 10.5 Å². The minimum atomic E-state index is -1.07. The maximum Gasteiger partial charge on any atom is 0.336 e. The standard InChI is InChI=1S/C14H14BrN3O3/c15-12-5-2-9(8-11(12)13(19)20)17-14(21)18(7-1-6-16)10-3-4-10/h2,5,8,10H,1,3-4,7H2,(H,17,21)(H,19,20). The van der Waals surface area contributed by atoms with Crippen LogP contribution in [0.1, 0.15) is 29.6 Å². The molecule has 2 N–H and O–H groups in total. The van der Waals surface area contributed by atoms with Gasteiger partial charge in [0.15, 0.2) is 0 Å². The molecule has 1 aliphatic rings. The Balaban J connectivity index is 2.09. The zero-order valence-corrected chi connectivity index (χ0v) is 12.8. The van der Waals surface area contributed by atoms with Crippen LogP contribution in [-0.2, 0) is 0 Å². The lowest BCUT2D eigenvalue weighted by atomic mass is 10.2. The number of carbonyl (C=O) groups is 2. The van der Waals surface area contributed by atoms with E-state index in [2.05, 4.69) is 21.2 Å². The summed E-state index contributed by atoms with van der Waals surface area (Å²) in [6, 6.07) is 6.52. The molecule has 2 rings (SSSR count). The number of anilines is 1. The molecule has 21 heavy (non-hydrogen) atoms. The molecule has 0 saturated heterocycles. The summed E-state index contributed by atoms with van der Waals surface area (Å²) in [5.41, 5.74) is 0.506. The third kappa shape index (κ3) is 3.95. The molecule has 0 radical (unpaired) electrons. The highest BCUT2D eigenvalue weighted by Gasteiger charge is 2.32. The van der Waals surface area contributed by atoms with Crippen molar-refractivity contribution in [1.82, 2.24) is 4.90 Å². The zero-order chi connectivity index (χ0) is 15.4. The van der Waals surface area contributed by atoms with Crippen LogP contribution in [-0.4, -0.2) is 34.6 Å². The molecule has 110 valence electrons. The summed E-state index contributed by atoms with van der Waals surface area (Å²) in [6.07, 6.45) is 2.17. The molecule has 0 aromatic heterocycles. The van der Waals surface area contributed by atoms with E-state index in [0.717, 1.165) is 12.8 Å². The first-order valence-electron chi connectivity index (χ1n) is 6.50. The Kier molecular flexibility index (Phi) is 4.81. The number of halogens is 1. The van der Waals surface area contributed by atoms with Crippen molar-refractivity contribution in [3.8, 4) is 6.07 Å². The first-order chi connectivity index (χ1) is 10.0. The summed E-state index contributed by atoms with van der Waals surface area (Å²) in [7, 11) is 0. The van der Waals surface area contributed by atoms with E-state index in [1.54, 1.807) is 17.0 Å². The maximum absolute atomic E-state index is 12.2. The van der Waals surface area contributed by atoms with Gasteiger partial charge in [0.1, 0.15) is 0 Å². The molecule has 0 unspecified atom stereocenters. The Labute approximate surface area is 130 Å². The van der Waals surface area contributed by atoms with Gasteiger partial charge in [-0.25, -0.2) is 9.59 Å². The van der Waals surface area contributed by atoms with Crippen molar-refractivity contribution in [2.75, 3.05) is 11.9 Å². The normalized spacial score (nSPS) is 13.3. The van der Waals surface area contributed by atoms with Crippen molar-refractivity contribution in [2.24, 2.45) is 0 Å². The van der Waals surface area contributed by atoms with Crippen LogP contribution in [0.2, 0.25) is 0 Å². The third-order valence-corrected chi connectivity index (χ3v) is 3.85. The number of nitrogens with one attached hydrogen (secondary N) is 1. The number of hydrogen-bond acceptors (Lipinski definition) is 3. The second-order valence-corrected chi connectivity index (χ2v) is 5.62. The number of hydrogen-bond donors (Lipinski definition) is 2. The number of nitrogens with zero attached hydrogens (tertiary/aromatic N) is 2. The Hall–Kier alpha value is -2.07. The molecule has 1 saturated carbocycles. The fourth-order valence-corrected chi connectivity index (χ4v) is 2.39. The summed E-state index contributed by atoms with van der Waals surface area (Å²) in [5.74, 6) is -1.07. The molecular formula is C14H14BrN3O3. The molecule has 0 atom stereocenters. The average molecular weight is 352 g/mol. The lowest BCUT2D eigenvalue weighted by molar-refractivity contribution is 0.0696. The molecule has 0 aliphatic heterocycles. The molecule has 6 nitrogen and oxygen atoms in total. The maximum atomic E-state index is 12.2. The minimum absolute atomic E-state index is 0.0859. The number of amides is 2. The number of carboxylic acid groups (broad SMARTS) is 1. The minimum Gasteiger partial charge on any atom is -0.478 e. The number of aromatic carboxylic acids is 1. The fraction of sp³-hybridized carbons (Fsp3) is 0.357. The SMILES string of the molecule is N#CCCN(C(=O)Nc1ccc(Br)c(C(=O)O)c1)C1CC1. The van der Waals surface area contributed by atoms with Crippen molar-refractivity contribution < 1.29 is 14.7 Å². The lowest BCUT2D eigenvalue weighted by Crippen LogP contribution is -2.37. The third-order valence-electron chi connectivity index (χ3n) is 3.16. The molecule has 0 bridgehead atoms. The van der Waals surface area contributed by atoms with E-state index in [0.29, 0.717) is 16.7 Å². The second-order valence-electron chi connectivity index (χ2n) is 4.76. The van der Waals surface area contributed by atoms with Crippen LogP contribution in [0.15, 0.2) is 22.7 Å². The molecule has 1 aromatic rings. The Morgan fingerprint density at radius 3 is 2.76 bits per heavy atom. The zero-order valence-electron chi connectivity index (χ0n) is 11.2. The Morgan fingerprint density at radius 2 is 2.19 bits per heavy atom. The summed E-state index contributed by atoms with van der Waals surface area (Å²) >= 11 is 3.15. The molecule has 2 amide bonds. The number of nitriles is 1. The number of urea groups is 1. The highest BCUT2D eigenvalue weighted by Crippen LogP contribution is 2.28. The van der Waals surface area contributed by atoms with E-state index >= 15 is 0 Å². The summed E-state index contributed by atoms with van der Waals surface area (Å²) in [6.45, 7) is 0.384. The van der Waals surface area contributed by atoms with Gasteiger partial charge in [-0.15, -0.1) is 0 Å². The number of carboxylic acids is 1. The molecule has 0 heterocycles. The monoisotopic (exact) mass is 351 g/mol. The van der Waals surface area contributed by atoms with Gasteiger partial charge in [0.05, 0.1) is 18.1 Å². The van der Waals surface area contributed by atoms with Crippen LogP contribution in [0.3, 0.4) is 0 Å². The fourth-order valence-electron chi connectivity index (χ4n) is 1.97. The van der Waals surface area contributed by atoms with Gasteiger partial charge in [0, 0.05) is 22.7 Å². The van der Waals surface area contributed by atoms with Crippen LogP contribution in [0.5, 0.6) is 0 Å². The van der Waals surface area contributed by atoms with Gasteiger partial charge >= 0.3 is 12.0 Å². The number of benzene rings is 1. The van der Waals surface area contributed by atoms with Crippen molar-refractivity contribution in [2.45, 2.75) is 25.3 Å². The summed E-state index contributed by atoms with van der Waals surface area (Å²) < 4.78 is 0.455. The van der Waals surface area contributed by atoms with Crippen LogP contribution < -0.4 is 5.32 Å². The van der Waals surface area contributed by atoms with Gasteiger partial charge in [-0.1, -0.05) is 0 Å². The number of carbonyl (C=O) groups excluding carboxylic acids is 1. The number of rotatable bonds is 5. The molecule has 1 fully saturated rings. The predicted molar refractivity (Wildman–Crippen MR) is 80.1 cm³/mol. The first-order valence-corrected chi connectivity index (χ1v) is 7.29. The van der Waals surface area contributed by atoms with Gasteiger partial charge in [0.25, 0.3) is 0 Å². The van der Waals surface area contributed by atoms with E-state index in [9.17, 15) is 9.59 Å². The van der Waals surface area contributed by atoms with E-state index < -0.39 is 5.97 Å². The van der Waals surface area contributed by atoms with Crippen molar-refractivity contribution >= 4 is 33.6 Å². The second kappa shape index (κ2) is 6.59. The van der Waals surface area contributed by atoms with Crippen LogP contribution >= 0.6 is 15.9 Å². The molecule has 1 aromatic carbocycles. The van der Waals surface area contributed by atoms with Gasteiger partial charge in [0.2, 0.25) is 0 Å². The van der Waals surface area contributed by atoms with E-state index in [1.807, 2.05) is 6.07 Å². The summed E-state index contributed by atoms with van der Waals surface area (Å²) in [4.78, 5) is 24.9. The Morgan fingerprint density at radius 1 is 1.48 bits per heavy atom. The van der Waals surface area contributed by atoms with E-state index in [4.69, 9.17) is 10.4 Å². The highest BCUT2D eigenvalue weighted by molar-refractivity contribution is 9.10. The van der Waals surface area contributed by atoms with Gasteiger partial charge in [-0.3, -0.25) is 0 Å². The van der Waals surface area contributed by atoms with Crippen molar-refractivity contribution in [1.29, 1.82) is 5.26 Å². The predicted octanol–water partition coefficient (Wildman–Crippen LogP) is 3.06. The van der Waals surface area contributed by atoms with E-state index in [1.165, 1.54) is 6.07 Å². The van der Waals surface area contributed by atoms with Gasteiger partial charge < -0.3 is 15.3 Å². The molecule has 1 aliphatic carbocycles. The quantitative estimate of drug-likeness (QED) is 0.852. The van der Waals surface area contributed by atoms with Crippen molar-refractivity contribution in [3.63, 3.8) is 0 Å². The highest BCUT2D eigenvalue weighted by atomic mass is 79.9. The van der Waals surface area contributed by atoms with Crippen LogP contribution in [0, 0.1) is 11.3 Å². The first kappa shape index (κ1) is 15.3. The topological polar surface area (TPSA) is 93.4 Å². The molecule has 7 heteroatoms. The van der Waals surface area contributed by atoms with Crippen molar-refractivity contribution in [3.05, 3.63) is 28.2 Å². The lowest BCUT2D eigenvalue weighted by Gasteiger charge is -2.21. The summed E-state index contributed by atoms with van der Waals surface area (Å²) in [5, 5.41) is 20.4. The van der Waals surface area contributed by atoms with Gasteiger partial charge in [-0.2, -0.15) is 5.26 Å². The van der Waals surface area contributed by atoms with Crippen LogP contribution in [0.25, 0.3) is 0 Å².